The Balaban J connectivity index is 2.92. The summed E-state index contributed by atoms with van der Waals surface area (Å²) in [4.78, 5) is 1.37. The topological polar surface area (TPSA) is 29.3 Å². The molecule has 0 fully saturated rings. The van der Waals surface area contributed by atoms with Gasteiger partial charge >= 0.3 is 6.18 Å². The van der Waals surface area contributed by atoms with Crippen LogP contribution in [0.3, 0.4) is 0 Å². The van der Waals surface area contributed by atoms with Crippen molar-refractivity contribution >= 4 is 5.69 Å². The summed E-state index contributed by atoms with van der Waals surface area (Å²) >= 11 is 0. The third-order valence-corrected chi connectivity index (χ3v) is 2.63. The second kappa shape index (κ2) is 5.56. The van der Waals surface area contributed by atoms with E-state index in [0.29, 0.717) is 5.69 Å². The first kappa shape index (κ1) is 14.8. The predicted molar refractivity (Wildman–Crippen MR) is 62.9 cm³/mol. The Morgan fingerprint density at radius 3 is 2.44 bits per heavy atom. The lowest BCUT2D eigenvalue weighted by atomic mass is 10.1. The average Bonchev–Trinajstić information content (AvgIpc) is 2.24. The summed E-state index contributed by atoms with van der Waals surface area (Å²) < 4.78 is 50.0. The first-order valence-corrected chi connectivity index (χ1v) is 5.54. The number of anilines is 1. The van der Waals surface area contributed by atoms with Crippen LogP contribution in [0.2, 0.25) is 0 Å². The number of nitrogens with two attached hydrogens (primary N) is 1. The van der Waals surface area contributed by atoms with Gasteiger partial charge in [-0.25, -0.2) is 4.39 Å². The zero-order valence-corrected chi connectivity index (χ0v) is 10.3. The van der Waals surface area contributed by atoms with E-state index in [4.69, 9.17) is 5.73 Å². The summed E-state index contributed by atoms with van der Waals surface area (Å²) in [5.41, 5.74) is 6.28. The number of rotatable bonds is 4. The fraction of sp³-hybridized carbons (Fsp3) is 0.500. The number of benzene rings is 1. The van der Waals surface area contributed by atoms with Crippen LogP contribution in [0.25, 0.3) is 0 Å². The number of halogens is 4. The molecule has 18 heavy (non-hydrogen) atoms. The van der Waals surface area contributed by atoms with Crippen LogP contribution in [-0.2, 0) is 0 Å². The molecule has 0 unspecified atom stereocenters. The number of nitrogens with zero attached hydrogens (tertiary/aromatic N) is 1. The largest absolute Gasteiger partial charge is 0.390 e. The van der Waals surface area contributed by atoms with E-state index in [0.717, 1.165) is 0 Å². The van der Waals surface area contributed by atoms with Crippen molar-refractivity contribution in [2.45, 2.75) is 25.6 Å². The molecule has 0 saturated carbocycles. The van der Waals surface area contributed by atoms with Crippen molar-refractivity contribution in [3.8, 4) is 0 Å². The summed E-state index contributed by atoms with van der Waals surface area (Å²) in [5.74, 6) is -0.499. The van der Waals surface area contributed by atoms with Crippen LogP contribution < -0.4 is 10.6 Å². The van der Waals surface area contributed by atoms with Gasteiger partial charge in [0, 0.05) is 30.9 Å². The van der Waals surface area contributed by atoms with Gasteiger partial charge in [0.25, 0.3) is 0 Å². The molecule has 0 radical (unpaired) electrons. The fourth-order valence-corrected chi connectivity index (χ4v) is 1.72. The third-order valence-electron chi connectivity index (χ3n) is 2.63. The molecular weight excluding hydrogens is 248 g/mol. The molecule has 0 aliphatic rings. The third kappa shape index (κ3) is 3.87. The van der Waals surface area contributed by atoms with E-state index >= 15 is 0 Å². The van der Waals surface area contributed by atoms with Crippen molar-refractivity contribution in [1.29, 1.82) is 0 Å². The Bertz CT molecular complexity index is 402. The minimum Gasteiger partial charge on any atom is -0.374 e. The maximum atomic E-state index is 13.6. The van der Waals surface area contributed by atoms with Gasteiger partial charge in [0.2, 0.25) is 0 Å². The molecule has 0 aromatic heterocycles. The van der Waals surface area contributed by atoms with E-state index < -0.39 is 24.5 Å². The van der Waals surface area contributed by atoms with Crippen LogP contribution in [0.1, 0.15) is 24.9 Å². The molecule has 0 amide bonds. The number of hydrogen-bond acceptors (Lipinski definition) is 2. The molecule has 2 nitrogen and oxygen atoms in total. The SMILES string of the molecule is C[C@@H](N)c1c(F)cccc1N(C)CCC(F)(F)F. The molecule has 6 heteroatoms. The molecule has 1 aromatic rings. The lowest BCUT2D eigenvalue weighted by Gasteiger charge is -2.24. The highest BCUT2D eigenvalue weighted by molar-refractivity contribution is 5.54. The minimum atomic E-state index is -4.23. The van der Waals surface area contributed by atoms with Gasteiger partial charge < -0.3 is 10.6 Å². The van der Waals surface area contributed by atoms with Crippen LogP contribution in [0.15, 0.2) is 18.2 Å². The van der Waals surface area contributed by atoms with Gasteiger partial charge in [-0.2, -0.15) is 13.2 Å². The van der Waals surface area contributed by atoms with Crippen molar-refractivity contribution in [2.75, 3.05) is 18.5 Å². The monoisotopic (exact) mass is 264 g/mol. The van der Waals surface area contributed by atoms with Crippen molar-refractivity contribution in [3.63, 3.8) is 0 Å². The Morgan fingerprint density at radius 1 is 1.33 bits per heavy atom. The first-order chi connectivity index (χ1) is 8.22. The standard InChI is InChI=1S/C12H16F4N2/c1-8(17)11-9(13)4-3-5-10(11)18(2)7-6-12(14,15)16/h3-5,8H,6-7,17H2,1-2H3/t8-/m1/s1. The second-order valence-corrected chi connectivity index (χ2v) is 4.25. The van der Waals surface area contributed by atoms with E-state index in [1.54, 1.807) is 13.0 Å². The van der Waals surface area contributed by atoms with Crippen LogP contribution in [0.5, 0.6) is 0 Å². The molecule has 0 heterocycles. The van der Waals surface area contributed by atoms with Crippen molar-refractivity contribution in [1.82, 2.24) is 0 Å². The predicted octanol–water partition coefficient (Wildman–Crippen LogP) is 3.23. The van der Waals surface area contributed by atoms with E-state index in [2.05, 4.69) is 0 Å². The maximum absolute atomic E-state index is 13.6. The van der Waals surface area contributed by atoms with Crippen molar-refractivity contribution in [3.05, 3.63) is 29.6 Å². The van der Waals surface area contributed by atoms with Crippen molar-refractivity contribution < 1.29 is 17.6 Å². The zero-order valence-electron chi connectivity index (χ0n) is 10.3. The van der Waals surface area contributed by atoms with Gasteiger partial charge in [-0.05, 0) is 19.1 Å². The molecule has 102 valence electrons. The first-order valence-electron chi connectivity index (χ1n) is 5.54. The second-order valence-electron chi connectivity index (χ2n) is 4.25. The highest BCUT2D eigenvalue weighted by Crippen LogP contribution is 2.28. The highest BCUT2D eigenvalue weighted by atomic mass is 19.4. The van der Waals surface area contributed by atoms with E-state index in [-0.39, 0.29) is 12.1 Å². The summed E-state index contributed by atoms with van der Waals surface area (Å²) in [6.45, 7) is 1.37. The molecule has 0 aliphatic carbocycles. The Labute approximate surface area is 103 Å². The molecule has 1 atom stereocenters. The quantitative estimate of drug-likeness (QED) is 0.846. The van der Waals surface area contributed by atoms with Crippen molar-refractivity contribution in [2.24, 2.45) is 5.73 Å². The molecule has 1 aromatic carbocycles. The Morgan fingerprint density at radius 2 is 1.94 bits per heavy atom. The molecule has 0 bridgehead atoms. The van der Waals surface area contributed by atoms with Crippen LogP contribution in [0, 0.1) is 5.82 Å². The fourth-order valence-electron chi connectivity index (χ4n) is 1.72. The van der Waals surface area contributed by atoms with Crippen LogP contribution in [-0.4, -0.2) is 19.8 Å². The molecule has 0 spiro atoms. The molecule has 1 rings (SSSR count). The molecular formula is C12H16F4N2. The Hall–Kier alpha value is -1.30. The molecule has 2 N–H and O–H groups in total. The average molecular weight is 264 g/mol. The van der Waals surface area contributed by atoms with E-state index in [1.165, 1.54) is 24.1 Å². The maximum Gasteiger partial charge on any atom is 0.390 e. The van der Waals surface area contributed by atoms with E-state index in [9.17, 15) is 17.6 Å². The lowest BCUT2D eigenvalue weighted by molar-refractivity contribution is -0.132. The highest BCUT2D eigenvalue weighted by Gasteiger charge is 2.27. The summed E-state index contributed by atoms with van der Waals surface area (Å²) in [5, 5.41) is 0. The summed E-state index contributed by atoms with van der Waals surface area (Å²) in [7, 11) is 1.49. The van der Waals surface area contributed by atoms with Gasteiger partial charge in [-0.3, -0.25) is 0 Å². The summed E-state index contributed by atoms with van der Waals surface area (Å²) in [6, 6.07) is 3.70. The molecule has 0 aliphatic heterocycles. The van der Waals surface area contributed by atoms with Gasteiger partial charge in [-0.15, -0.1) is 0 Å². The minimum absolute atomic E-state index is 0.229. The smallest absolute Gasteiger partial charge is 0.374 e. The number of alkyl halides is 3. The van der Waals surface area contributed by atoms with Gasteiger partial charge in [0.05, 0.1) is 6.42 Å². The van der Waals surface area contributed by atoms with E-state index in [1.807, 2.05) is 0 Å². The van der Waals surface area contributed by atoms with Crippen LogP contribution >= 0.6 is 0 Å². The van der Waals surface area contributed by atoms with Gasteiger partial charge in [0.1, 0.15) is 5.82 Å². The molecule has 0 saturated heterocycles. The van der Waals surface area contributed by atoms with Gasteiger partial charge in [0.15, 0.2) is 0 Å². The lowest BCUT2D eigenvalue weighted by Crippen LogP contribution is -2.26. The number of hydrogen-bond donors (Lipinski definition) is 1. The summed E-state index contributed by atoms with van der Waals surface area (Å²) in [6.07, 6.45) is -5.17. The van der Waals surface area contributed by atoms with Gasteiger partial charge in [-0.1, -0.05) is 6.07 Å². The Kier molecular flexibility index (Phi) is 4.56. The van der Waals surface area contributed by atoms with Crippen LogP contribution in [0.4, 0.5) is 23.2 Å². The normalized spacial score (nSPS) is 13.5. The zero-order chi connectivity index (χ0) is 13.9.